The van der Waals surface area contributed by atoms with Gasteiger partial charge in [0, 0.05) is 19.6 Å². The number of carbonyl (C=O) groups excluding carboxylic acids is 1. The van der Waals surface area contributed by atoms with Crippen molar-refractivity contribution >= 4 is 11.6 Å². The Bertz CT molecular complexity index is 730. The number of hydrogen-bond acceptors (Lipinski definition) is 4. The van der Waals surface area contributed by atoms with E-state index >= 15 is 0 Å². The number of anilines is 1. The number of methoxy groups -OCH3 is 2. The smallest absolute Gasteiger partial charge is 0.244 e. The first-order valence-corrected chi connectivity index (χ1v) is 8.45. The normalized spacial score (nSPS) is 18.3. The lowest BCUT2D eigenvalue weighted by atomic mass is 10.1. The van der Waals surface area contributed by atoms with Crippen LogP contribution in [0.15, 0.2) is 48.5 Å². The molecule has 0 radical (unpaired) electrons. The van der Waals surface area contributed by atoms with Crippen molar-refractivity contribution in [3.8, 4) is 11.5 Å². The van der Waals surface area contributed by atoms with E-state index in [1.165, 1.54) is 5.56 Å². The van der Waals surface area contributed by atoms with Crippen molar-refractivity contribution < 1.29 is 14.3 Å². The Kier molecular flexibility index (Phi) is 5.24. The minimum atomic E-state index is -0.180. The molecule has 2 aromatic rings. The van der Waals surface area contributed by atoms with Crippen LogP contribution in [0.3, 0.4) is 0 Å². The van der Waals surface area contributed by atoms with Gasteiger partial charge in [-0.3, -0.25) is 9.69 Å². The average Bonchev–Trinajstić information content (AvgIpc) is 2.66. The molecule has 0 saturated carbocycles. The van der Waals surface area contributed by atoms with Crippen molar-refractivity contribution in [1.82, 2.24) is 4.90 Å². The zero-order valence-electron chi connectivity index (χ0n) is 14.9. The summed E-state index contributed by atoms with van der Waals surface area (Å²) in [6, 6.07) is 15.5. The van der Waals surface area contributed by atoms with Gasteiger partial charge in [0.25, 0.3) is 0 Å². The molecule has 1 heterocycles. The summed E-state index contributed by atoms with van der Waals surface area (Å²) in [5.41, 5.74) is 2.01. The Labute approximate surface area is 148 Å². The SMILES string of the molecule is COc1ccc(CN2CCN(c3ccccc3OC)C(=O)[C@H]2C)cc1. The highest BCUT2D eigenvalue weighted by Gasteiger charge is 2.33. The van der Waals surface area contributed by atoms with Crippen LogP contribution in [0.25, 0.3) is 0 Å². The first kappa shape index (κ1) is 17.3. The number of rotatable bonds is 5. The van der Waals surface area contributed by atoms with E-state index in [0.29, 0.717) is 6.54 Å². The number of piperazine rings is 1. The predicted molar refractivity (Wildman–Crippen MR) is 98.2 cm³/mol. The Morgan fingerprint density at radius 1 is 1.00 bits per heavy atom. The van der Waals surface area contributed by atoms with Crippen LogP contribution in [0.1, 0.15) is 12.5 Å². The second kappa shape index (κ2) is 7.57. The largest absolute Gasteiger partial charge is 0.497 e. The molecule has 1 aliphatic rings. The molecule has 1 fully saturated rings. The van der Waals surface area contributed by atoms with Gasteiger partial charge in [0.1, 0.15) is 11.5 Å². The maximum atomic E-state index is 12.9. The zero-order chi connectivity index (χ0) is 17.8. The first-order chi connectivity index (χ1) is 12.1. The molecule has 1 saturated heterocycles. The Morgan fingerprint density at radius 3 is 2.40 bits per heavy atom. The van der Waals surface area contributed by atoms with Gasteiger partial charge >= 0.3 is 0 Å². The molecule has 0 aliphatic carbocycles. The lowest BCUT2D eigenvalue weighted by Crippen LogP contribution is -2.55. The van der Waals surface area contributed by atoms with Crippen LogP contribution in [0, 0.1) is 0 Å². The molecule has 0 N–H and O–H groups in total. The van der Waals surface area contributed by atoms with E-state index in [2.05, 4.69) is 4.90 Å². The third-order valence-electron chi connectivity index (χ3n) is 4.70. The summed E-state index contributed by atoms with van der Waals surface area (Å²) in [6.07, 6.45) is 0. The molecule has 1 atom stereocenters. The fourth-order valence-corrected chi connectivity index (χ4v) is 3.19. The summed E-state index contributed by atoms with van der Waals surface area (Å²) >= 11 is 0. The van der Waals surface area contributed by atoms with E-state index in [1.807, 2.05) is 60.4 Å². The van der Waals surface area contributed by atoms with Gasteiger partial charge in [-0.25, -0.2) is 0 Å². The molecule has 5 heteroatoms. The molecular weight excluding hydrogens is 316 g/mol. The highest BCUT2D eigenvalue weighted by molar-refractivity contribution is 5.98. The van der Waals surface area contributed by atoms with Gasteiger partial charge in [0.15, 0.2) is 0 Å². The van der Waals surface area contributed by atoms with Crippen molar-refractivity contribution in [2.45, 2.75) is 19.5 Å². The van der Waals surface area contributed by atoms with Crippen molar-refractivity contribution in [3.63, 3.8) is 0 Å². The summed E-state index contributed by atoms with van der Waals surface area (Å²) in [7, 11) is 3.29. The van der Waals surface area contributed by atoms with Crippen LogP contribution in [0.2, 0.25) is 0 Å². The fourth-order valence-electron chi connectivity index (χ4n) is 3.19. The fraction of sp³-hybridized carbons (Fsp3) is 0.350. The molecule has 0 unspecified atom stereocenters. The average molecular weight is 340 g/mol. The third kappa shape index (κ3) is 3.61. The van der Waals surface area contributed by atoms with Gasteiger partial charge in [-0.05, 0) is 36.8 Å². The molecule has 1 aliphatic heterocycles. The minimum absolute atomic E-state index is 0.101. The van der Waals surface area contributed by atoms with Crippen molar-refractivity contribution in [2.24, 2.45) is 0 Å². The van der Waals surface area contributed by atoms with E-state index in [4.69, 9.17) is 9.47 Å². The molecule has 0 aromatic heterocycles. The van der Waals surface area contributed by atoms with Crippen LogP contribution < -0.4 is 14.4 Å². The lowest BCUT2D eigenvalue weighted by Gasteiger charge is -2.39. The van der Waals surface area contributed by atoms with Crippen LogP contribution in [0.4, 0.5) is 5.69 Å². The molecule has 132 valence electrons. The molecule has 2 aromatic carbocycles. The summed E-state index contributed by atoms with van der Waals surface area (Å²) < 4.78 is 10.6. The molecule has 1 amide bonds. The van der Waals surface area contributed by atoms with Gasteiger partial charge < -0.3 is 14.4 Å². The Hall–Kier alpha value is -2.53. The van der Waals surface area contributed by atoms with Gasteiger partial charge in [-0.2, -0.15) is 0 Å². The monoisotopic (exact) mass is 340 g/mol. The highest BCUT2D eigenvalue weighted by atomic mass is 16.5. The van der Waals surface area contributed by atoms with E-state index in [1.54, 1.807) is 14.2 Å². The number of nitrogens with zero attached hydrogens (tertiary/aromatic N) is 2. The van der Waals surface area contributed by atoms with Gasteiger partial charge in [-0.15, -0.1) is 0 Å². The lowest BCUT2D eigenvalue weighted by molar-refractivity contribution is -0.125. The quantitative estimate of drug-likeness (QED) is 0.839. The predicted octanol–water partition coefficient (Wildman–Crippen LogP) is 2.94. The van der Waals surface area contributed by atoms with Crippen LogP contribution in [0.5, 0.6) is 11.5 Å². The second-order valence-corrected chi connectivity index (χ2v) is 6.16. The molecule has 5 nitrogen and oxygen atoms in total. The van der Waals surface area contributed by atoms with E-state index in [9.17, 15) is 4.79 Å². The zero-order valence-corrected chi connectivity index (χ0v) is 14.9. The second-order valence-electron chi connectivity index (χ2n) is 6.16. The summed E-state index contributed by atoms with van der Waals surface area (Å²) in [5, 5.41) is 0. The third-order valence-corrected chi connectivity index (χ3v) is 4.70. The van der Waals surface area contributed by atoms with Gasteiger partial charge in [0.05, 0.1) is 25.9 Å². The highest BCUT2D eigenvalue weighted by Crippen LogP contribution is 2.30. The number of benzene rings is 2. The topological polar surface area (TPSA) is 42.0 Å². The number of carbonyl (C=O) groups is 1. The molecule has 25 heavy (non-hydrogen) atoms. The maximum absolute atomic E-state index is 12.9. The van der Waals surface area contributed by atoms with Crippen LogP contribution >= 0.6 is 0 Å². The summed E-state index contributed by atoms with van der Waals surface area (Å²) in [5.74, 6) is 1.67. The van der Waals surface area contributed by atoms with Crippen molar-refractivity contribution in [1.29, 1.82) is 0 Å². The van der Waals surface area contributed by atoms with E-state index in [-0.39, 0.29) is 11.9 Å². The maximum Gasteiger partial charge on any atom is 0.244 e. The summed E-state index contributed by atoms with van der Waals surface area (Å²) in [4.78, 5) is 16.9. The number of para-hydroxylation sites is 2. The van der Waals surface area contributed by atoms with Gasteiger partial charge in [-0.1, -0.05) is 24.3 Å². The van der Waals surface area contributed by atoms with E-state index < -0.39 is 0 Å². The number of amides is 1. The van der Waals surface area contributed by atoms with Crippen molar-refractivity contribution in [3.05, 3.63) is 54.1 Å². The van der Waals surface area contributed by atoms with Crippen LogP contribution in [-0.2, 0) is 11.3 Å². The Balaban J connectivity index is 1.72. The number of hydrogen-bond donors (Lipinski definition) is 0. The molecule has 0 spiro atoms. The molecule has 3 rings (SSSR count). The van der Waals surface area contributed by atoms with E-state index in [0.717, 1.165) is 30.3 Å². The standard InChI is InChI=1S/C20H24N2O3/c1-15-20(23)22(18-6-4-5-7-19(18)25-3)13-12-21(15)14-16-8-10-17(24-2)11-9-16/h4-11,15H,12-14H2,1-3H3/t15-/m1/s1. The number of ether oxygens (including phenoxy) is 2. The summed E-state index contributed by atoms with van der Waals surface area (Å²) in [6.45, 7) is 4.18. The molecule has 0 bridgehead atoms. The first-order valence-electron chi connectivity index (χ1n) is 8.45. The molecular formula is C20H24N2O3. The van der Waals surface area contributed by atoms with Crippen LogP contribution in [-0.4, -0.2) is 44.2 Å². The van der Waals surface area contributed by atoms with Crippen molar-refractivity contribution in [2.75, 3.05) is 32.2 Å². The van der Waals surface area contributed by atoms with Gasteiger partial charge in [0.2, 0.25) is 5.91 Å². The Morgan fingerprint density at radius 2 is 1.72 bits per heavy atom. The minimum Gasteiger partial charge on any atom is -0.497 e.